The third-order valence-electron chi connectivity index (χ3n) is 3.71. The van der Waals surface area contributed by atoms with Gasteiger partial charge in [-0.15, -0.1) is 0 Å². The Morgan fingerprint density at radius 1 is 1.43 bits per heavy atom. The number of nitro groups is 1. The van der Waals surface area contributed by atoms with E-state index in [-0.39, 0.29) is 23.1 Å². The molecular formula is C13H16BrF2N3O4. The highest BCUT2D eigenvalue weighted by molar-refractivity contribution is 9.10. The van der Waals surface area contributed by atoms with Gasteiger partial charge in [0.25, 0.3) is 11.6 Å². The normalized spacial score (nSPS) is 17.9. The molecule has 3 N–H and O–H groups in total. The van der Waals surface area contributed by atoms with Crippen molar-refractivity contribution >= 4 is 21.6 Å². The number of halogens is 3. The third-order valence-corrected chi connectivity index (χ3v) is 4.32. The Morgan fingerprint density at radius 3 is 2.57 bits per heavy atom. The number of nitro benzene ring substituents is 1. The minimum Gasteiger partial charge on any atom is -0.506 e. The number of phenols is 1. The van der Waals surface area contributed by atoms with E-state index in [0.717, 1.165) is 12.1 Å². The summed E-state index contributed by atoms with van der Waals surface area (Å²) in [5.74, 6) is -4.06. The molecule has 0 radical (unpaired) electrons. The van der Waals surface area contributed by atoms with Gasteiger partial charge in [-0.2, -0.15) is 0 Å². The minimum atomic E-state index is -3.57. The summed E-state index contributed by atoms with van der Waals surface area (Å²) in [4.78, 5) is 11.7. The van der Waals surface area contributed by atoms with E-state index >= 15 is 0 Å². The van der Waals surface area contributed by atoms with Gasteiger partial charge in [-0.25, -0.2) is 8.78 Å². The number of aliphatic hydroxyl groups is 1. The summed E-state index contributed by atoms with van der Waals surface area (Å²) in [7, 11) is 0. The molecule has 1 atom stereocenters. The van der Waals surface area contributed by atoms with Crippen molar-refractivity contribution in [3.8, 4) is 5.75 Å². The molecule has 1 heterocycles. The summed E-state index contributed by atoms with van der Waals surface area (Å²) in [5, 5.41) is 33.2. The Hall–Kier alpha value is -1.36. The van der Waals surface area contributed by atoms with Crippen molar-refractivity contribution in [3.05, 3.63) is 32.3 Å². The zero-order valence-corrected chi connectivity index (χ0v) is 13.6. The molecule has 1 aliphatic rings. The van der Waals surface area contributed by atoms with E-state index in [4.69, 9.17) is 5.11 Å². The number of aliphatic hydroxyl groups excluding tert-OH is 1. The van der Waals surface area contributed by atoms with Crippen molar-refractivity contribution in [3.63, 3.8) is 0 Å². The molecule has 0 unspecified atom stereocenters. The monoisotopic (exact) mass is 395 g/mol. The number of aromatic hydroxyl groups is 1. The van der Waals surface area contributed by atoms with Gasteiger partial charge in [-0.1, -0.05) is 0 Å². The van der Waals surface area contributed by atoms with E-state index in [2.05, 4.69) is 21.2 Å². The fourth-order valence-corrected chi connectivity index (χ4v) is 3.10. The number of alkyl halides is 2. The first-order valence-corrected chi connectivity index (χ1v) is 7.67. The standard InChI is InChI=1S/C13H16BrF2N3O4/c14-10-6-8(19(22)23)5-9(11(10)21)12(13(15,16)7-20)18-3-1-17-2-4-18/h5-6,12,17,20-21H,1-4,7H2/t12-/m1/s1. The third kappa shape index (κ3) is 3.77. The van der Waals surface area contributed by atoms with Crippen LogP contribution in [-0.2, 0) is 0 Å². The number of non-ortho nitro benzene ring substituents is 1. The van der Waals surface area contributed by atoms with Crippen molar-refractivity contribution in [2.75, 3.05) is 32.8 Å². The van der Waals surface area contributed by atoms with Crippen LogP contribution in [0.25, 0.3) is 0 Å². The summed E-state index contributed by atoms with van der Waals surface area (Å²) in [6.07, 6.45) is 0. The Labute approximate surface area is 139 Å². The molecule has 23 heavy (non-hydrogen) atoms. The van der Waals surface area contributed by atoms with E-state index in [1.807, 2.05) is 0 Å². The maximum atomic E-state index is 14.3. The van der Waals surface area contributed by atoms with Gasteiger partial charge < -0.3 is 15.5 Å². The highest BCUT2D eigenvalue weighted by atomic mass is 79.9. The van der Waals surface area contributed by atoms with Crippen LogP contribution in [0, 0.1) is 10.1 Å². The average Bonchev–Trinajstić information content (AvgIpc) is 2.52. The van der Waals surface area contributed by atoms with Crippen LogP contribution in [0.15, 0.2) is 16.6 Å². The van der Waals surface area contributed by atoms with Crippen molar-refractivity contribution in [1.82, 2.24) is 10.2 Å². The van der Waals surface area contributed by atoms with Gasteiger partial charge in [0.05, 0.1) is 9.40 Å². The van der Waals surface area contributed by atoms with Crippen molar-refractivity contribution in [2.45, 2.75) is 12.0 Å². The van der Waals surface area contributed by atoms with E-state index < -0.39 is 34.9 Å². The summed E-state index contributed by atoms with van der Waals surface area (Å²) in [5.41, 5.74) is -0.703. The van der Waals surface area contributed by atoms with Crippen LogP contribution in [0.2, 0.25) is 0 Å². The molecule has 1 aliphatic heterocycles. The topological polar surface area (TPSA) is 98.9 Å². The lowest BCUT2D eigenvalue weighted by atomic mass is 9.96. The molecule has 0 bridgehead atoms. The highest BCUT2D eigenvalue weighted by Gasteiger charge is 2.46. The maximum absolute atomic E-state index is 14.3. The molecule has 1 saturated heterocycles. The lowest BCUT2D eigenvalue weighted by Crippen LogP contribution is -2.51. The van der Waals surface area contributed by atoms with Crippen LogP contribution in [0.5, 0.6) is 5.75 Å². The maximum Gasteiger partial charge on any atom is 0.290 e. The highest BCUT2D eigenvalue weighted by Crippen LogP contribution is 2.44. The largest absolute Gasteiger partial charge is 0.506 e. The Balaban J connectivity index is 2.56. The van der Waals surface area contributed by atoms with Gasteiger partial charge in [0, 0.05) is 43.9 Å². The number of hydrogen-bond acceptors (Lipinski definition) is 6. The lowest BCUT2D eigenvalue weighted by molar-refractivity contribution is -0.385. The van der Waals surface area contributed by atoms with Crippen LogP contribution in [-0.4, -0.2) is 58.7 Å². The number of nitrogens with zero attached hydrogens (tertiary/aromatic N) is 2. The van der Waals surface area contributed by atoms with Gasteiger partial charge in [0.1, 0.15) is 18.4 Å². The molecule has 0 saturated carbocycles. The fourth-order valence-electron chi connectivity index (χ4n) is 2.64. The molecule has 1 aromatic carbocycles. The summed E-state index contributed by atoms with van der Waals surface area (Å²) in [6.45, 7) is 0.0328. The molecule has 0 amide bonds. The number of nitrogens with one attached hydrogen (secondary N) is 1. The van der Waals surface area contributed by atoms with Gasteiger partial charge in [-0.3, -0.25) is 15.0 Å². The Bertz CT molecular complexity index is 597. The summed E-state index contributed by atoms with van der Waals surface area (Å²) in [6, 6.07) is 0.312. The molecule has 0 aliphatic carbocycles. The number of phenolic OH excluding ortho intramolecular Hbond substituents is 1. The van der Waals surface area contributed by atoms with E-state index in [1.165, 1.54) is 4.90 Å². The number of piperazine rings is 1. The van der Waals surface area contributed by atoms with Crippen molar-refractivity contribution < 1.29 is 23.9 Å². The second kappa shape index (κ2) is 7.04. The Kier molecular flexibility index (Phi) is 5.50. The molecule has 1 aromatic rings. The second-order valence-corrected chi connectivity index (χ2v) is 6.08. The number of benzene rings is 1. The van der Waals surface area contributed by atoms with Crippen molar-refractivity contribution in [2.24, 2.45) is 0 Å². The zero-order chi connectivity index (χ0) is 17.2. The Morgan fingerprint density at radius 2 is 2.04 bits per heavy atom. The molecule has 0 aromatic heterocycles. The van der Waals surface area contributed by atoms with Gasteiger partial charge in [0.2, 0.25) is 0 Å². The van der Waals surface area contributed by atoms with Crippen LogP contribution in [0.1, 0.15) is 11.6 Å². The van der Waals surface area contributed by atoms with Gasteiger partial charge in [0.15, 0.2) is 0 Å². The second-order valence-electron chi connectivity index (χ2n) is 5.23. The minimum absolute atomic E-state index is 0.0458. The summed E-state index contributed by atoms with van der Waals surface area (Å²) >= 11 is 2.95. The zero-order valence-electron chi connectivity index (χ0n) is 12.0. The van der Waals surface area contributed by atoms with E-state index in [1.54, 1.807) is 0 Å². The first-order valence-electron chi connectivity index (χ1n) is 6.88. The van der Waals surface area contributed by atoms with E-state index in [9.17, 15) is 24.0 Å². The molecule has 128 valence electrons. The van der Waals surface area contributed by atoms with Crippen molar-refractivity contribution in [1.29, 1.82) is 0 Å². The number of hydrogen-bond donors (Lipinski definition) is 3. The quantitative estimate of drug-likeness (QED) is 0.517. The SMILES string of the molecule is O=[N+]([O-])c1cc(Br)c(O)c([C@@H](N2CCNCC2)C(F)(F)CO)c1. The number of rotatable bonds is 5. The predicted molar refractivity (Wildman–Crippen MR) is 81.7 cm³/mol. The fraction of sp³-hybridized carbons (Fsp3) is 0.538. The van der Waals surface area contributed by atoms with Crippen LogP contribution in [0.4, 0.5) is 14.5 Å². The van der Waals surface area contributed by atoms with Crippen LogP contribution < -0.4 is 5.32 Å². The molecule has 7 nitrogen and oxygen atoms in total. The van der Waals surface area contributed by atoms with E-state index in [0.29, 0.717) is 13.1 Å². The average molecular weight is 396 g/mol. The van der Waals surface area contributed by atoms with Gasteiger partial charge in [-0.05, 0) is 15.9 Å². The van der Waals surface area contributed by atoms with Crippen LogP contribution in [0.3, 0.4) is 0 Å². The first kappa shape index (κ1) is 18.0. The molecule has 1 fully saturated rings. The van der Waals surface area contributed by atoms with Crippen LogP contribution >= 0.6 is 15.9 Å². The molecule has 0 spiro atoms. The molecule has 10 heteroatoms. The first-order chi connectivity index (χ1) is 10.8. The smallest absolute Gasteiger partial charge is 0.290 e. The van der Waals surface area contributed by atoms with Gasteiger partial charge >= 0.3 is 0 Å². The summed E-state index contributed by atoms with van der Waals surface area (Å²) < 4.78 is 28.6. The predicted octanol–water partition coefficient (Wildman–Crippen LogP) is 1.64. The molecule has 2 rings (SSSR count). The lowest BCUT2D eigenvalue weighted by Gasteiger charge is -2.38. The molecular weight excluding hydrogens is 380 g/mol.